The molecule has 1 radical (unpaired) electrons. The second kappa shape index (κ2) is 4.13. The molecule has 0 aliphatic rings. The van der Waals surface area contributed by atoms with Crippen LogP contribution >= 0.6 is 0 Å². The van der Waals surface area contributed by atoms with Crippen LogP contribution in [0.2, 0.25) is 0 Å². The Kier molecular flexibility index (Phi) is 4.10. The minimum Gasteiger partial charge on any atom is -0.384 e. The average Bonchev–Trinajstić information content (AvgIpc) is 1.68. The Labute approximate surface area is 45.7 Å². The fourth-order valence-electron chi connectivity index (χ4n) is 0.354. The average molecular weight is 101 g/mol. The van der Waals surface area contributed by atoms with Gasteiger partial charge in [-0.1, -0.05) is 13.3 Å². The fourth-order valence-corrected chi connectivity index (χ4v) is 0.354. The highest BCUT2D eigenvalue weighted by Crippen LogP contribution is 1.97. The van der Waals surface area contributed by atoms with Gasteiger partial charge < -0.3 is 4.74 Å². The molecule has 1 unspecified atom stereocenters. The van der Waals surface area contributed by atoms with E-state index in [1.807, 2.05) is 0 Å². The first kappa shape index (κ1) is 6.96. The van der Waals surface area contributed by atoms with Crippen LogP contribution in [0.15, 0.2) is 0 Å². The van der Waals surface area contributed by atoms with Gasteiger partial charge >= 0.3 is 0 Å². The second-order valence-corrected chi connectivity index (χ2v) is 1.73. The van der Waals surface area contributed by atoms with Gasteiger partial charge in [0.1, 0.15) is 0 Å². The topological polar surface area (TPSA) is 9.23 Å². The molecule has 7 heavy (non-hydrogen) atoms. The van der Waals surface area contributed by atoms with E-state index in [2.05, 4.69) is 13.8 Å². The maximum absolute atomic E-state index is 4.83. The van der Waals surface area contributed by atoms with E-state index in [1.54, 1.807) is 7.11 Å². The predicted octanol–water partition coefficient (Wildman–Crippen LogP) is 1.49. The van der Waals surface area contributed by atoms with E-state index in [0.29, 0.717) is 5.92 Å². The summed E-state index contributed by atoms with van der Waals surface area (Å²) in [6, 6.07) is 0. The zero-order chi connectivity index (χ0) is 5.70. The molecule has 1 nitrogen and oxygen atoms in total. The summed E-state index contributed by atoms with van der Waals surface area (Å²) in [7, 11) is 1.70. The van der Waals surface area contributed by atoms with Gasteiger partial charge in [0.05, 0.1) is 0 Å². The zero-order valence-electron chi connectivity index (χ0n) is 5.11. The van der Waals surface area contributed by atoms with Crippen molar-refractivity contribution in [3.8, 4) is 0 Å². The monoisotopic (exact) mass is 101 g/mol. The van der Waals surface area contributed by atoms with Crippen molar-refractivity contribution in [2.45, 2.75) is 13.3 Å². The van der Waals surface area contributed by atoms with Crippen molar-refractivity contribution < 1.29 is 4.74 Å². The second-order valence-electron chi connectivity index (χ2n) is 1.73. The third kappa shape index (κ3) is 3.80. The Morgan fingerprint density at radius 3 is 2.43 bits per heavy atom. The van der Waals surface area contributed by atoms with Crippen molar-refractivity contribution >= 4 is 0 Å². The molecule has 0 aromatic heterocycles. The van der Waals surface area contributed by atoms with E-state index in [0.717, 1.165) is 13.0 Å². The molecule has 0 spiro atoms. The van der Waals surface area contributed by atoms with E-state index < -0.39 is 0 Å². The first-order chi connectivity index (χ1) is 3.31. The number of ether oxygens (including phenoxy) is 1. The maximum Gasteiger partial charge on any atom is 0.0490 e. The van der Waals surface area contributed by atoms with Gasteiger partial charge in [0.25, 0.3) is 0 Å². The molecule has 0 saturated carbocycles. The van der Waals surface area contributed by atoms with E-state index in [1.165, 1.54) is 0 Å². The first-order valence-corrected chi connectivity index (χ1v) is 2.63. The molecular formula is C6H13O. The van der Waals surface area contributed by atoms with Gasteiger partial charge in [0, 0.05) is 13.7 Å². The molecule has 43 valence electrons. The lowest BCUT2D eigenvalue weighted by Gasteiger charge is -2.03. The van der Waals surface area contributed by atoms with Gasteiger partial charge in [-0.15, -0.1) is 0 Å². The van der Waals surface area contributed by atoms with Crippen LogP contribution in [0.25, 0.3) is 0 Å². The van der Waals surface area contributed by atoms with E-state index in [9.17, 15) is 0 Å². The minimum absolute atomic E-state index is 0.477. The summed E-state index contributed by atoms with van der Waals surface area (Å²) in [5, 5.41) is 0. The highest BCUT2D eigenvalue weighted by molar-refractivity contribution is 4.54. The van der Waals surface area contributed by atoms with Crippen molar-refractivity contribution in [1.82, 2.24) is 0 Å². The standard InChI is InChI=1S/C6H13O/c1-4-6(2)5-7-3/h6H,2,4-5H2,1,3H3. The smallest absolute Gasteiger partial charge is 0.0490 e. The van der Waals surface area contributed by atoms with Crippen LogP contribution in [0.5, 0.6) is 0 Å². The van der Waals surface area contributed by atoms with Gasteiger partial charge in [0.15, 0.2) is 0 Å². The summed E-state index contributed by atoms with van der Waals surface area (Å²) < 4.78 is 4.83. The molecule has 0 aliphatic heterocycles. The SMILES string of the molecule is [CH2]C(CC)COC. The van der Waals surface area contributed by atoms with Crippen LogP contribution in [0.1, 0.15) is 13.3 Å². The molecule has 0 heterocycles. The molecular weight excluding hydrogens is 88.1 g/mol. The van der Waals surface area contributed by atoms with Crippen LogP contribution < -0.4 is 0 Å². The van der Waals surface area contributed by atoms with Crippen LogP contribution in [0.4, 0.5) is 0 Å². The third-order valence-corrected chi connectivity index (χ3v) is 0.980. The van der Waals surface area contributed by atoms with E-state index >= 15 is 0 Å². The largest absolute Gasteiger partial charge is 0.384 e. The van der Waals surface area contributed by atoms with Crippen LogP contribution in [-0.2, 0) is 4.74 Å². The van der Waals surface area contributed by atoms with Crippen molar-refractivity contribution in [3.63, 3.8) is 0 Å². The number of hydrogen-bond acceptors (Lipinski definition) is 1. The molecule has 0 aromatic carbocycles. The van der Waals surface area contributed by atoms with E-state index in [-0.39, 0.29) is 0 Å². The zero-order valence-corrected chi connectivity index (χ0v) is 5.11. The molecule has 0 aliphatic carbocycles. The summed E-state index contributed by atoms with van der Waals surface area (Å²) in [4.78, 5) is 0. The van der Waals surface area contributed by atoms with Crippen LogP contribution in [0, 0.1) is 12.8 Å². The van der Waals surface area contributed by atoms with E-state index in [4.69, 9.17) is 4.74 Å². The first-order valence-electron chi connectivity index (χ1n) is 2.63. The van der Waals surface area contributed by atoms with Gasteiger partial charge in [0.2, 0.25) is 0 Å². The van der Waals surface area contributed by atoms with Crippen molar-refractivity contribution in [3.05, 3.63) is 6.92 Å². The lowest BCUT2D eigenvalue weighted by atomic mass is 10.1. The summed E-state index contributed by atoms with van der Waals surface area (Å²) in [5.74, 6) is 0.477. The number of hydrogen-bond donors (Lipinski definition) is 0. The van der Waals surface area contributed by atoms with Crippen molar-refractivity contribution in [2.24, 2.45) is 5.92 Å². The number of methoxy groups -OCH3 is 1. The minimum atomic E-state index is 0.477. The summed E-state index contributed by atoms with van der Waals surface area (Å²) >= 11 is 0. The highest BCUT2D eigenvalue weighted by Gasteiger charge is 1.93. The van der Waals surface area contributed by atoms with Gasteiger partial charge in [-0.05, 0) is 12.8 Å². The van der Waals surface area contributed by atoms with Crippen molar-refractivity contribution in [2.75, 3.05) is 13.7 Å². The summed E-state index contributed by atoms with van der Waals surface area (Å²) in [6.45, 7) is 6.72. The Hall–Kier alpha value is -0.0400. The molecule has 0 bridgehead atoms. The number of rotatable bonds is 3. The summed E-state index contributed by atoms with van der Waals surface area (Å²) in [5.41, 5.74) is 0. The molecule has 0 fully saturated rings. The lowest BCUT2D eigenvalue weighted by molar-refractivity contribution is 0.167. The molecule has 1 atom stereocenters. The van der Waals surface area contributed by atoms with Gasteiger partial charge in [-0.25, -0.2) is 0 Å². The van der Waals surface area contributed by atoms with Crippen LogP contribution in [-0.4, -0.2) is 13.7 Å². The maximum atomic E-state index is 4.83. The Balaban J connectivity index is 2.83. The van der Waals surface area contributed by atoms with Gasteiger partial charge in [-0.2, -0.15) is 0 Å². The van der Waals surface area contributed by atoms with Gasteiger partial charge in [-0.3, -0.25) is 0 Å². The summed E-state index contributed by atoms with van der Waals surface area (Å²) in [6.07, 6.45) is 1.10. The molecule has 0 N–H and O–H groups in total. The molecule has 0 amide bonds. The third-order valence-electron chi connectivity index (χ3n) is 0.980. The molecule has 0 saturated heterocycles. The Bertz CT molecular complexity index is 35.2. The lowest BCUT2D eigenvalue weighted by Crippen LogP contribution is -2.00. The normalized spacial score (nSPS) is 14.1. The fraction of sp³-hybridized carbons (Fsp3) is 0.833. The predicted molar refractivity (Wildman–Crippen MR) is 31.0 cm³/mol. The molecule has 0 rings (SSSR count). The molecule has 0 aromatic rings. The van der Waals surface area contributed by atoms with Crippen molar-refractivity contribution in [1.29, 1.82) is 0 Å². The quantitative estimate of drug-likeness (QED) is 0.523. The van der Waals surface area contributed by atoms with Crippen LogP contribution in [0.3, 0.4) is 0 Å². The highest BCUT2D eigenvalue weighted by atomic mass is 16.5. The Morgan fingerprint density at radius 1 is 1.71 bits per heavy atom. The Morgan fingerprint density at radius 2 is 2.29 bits per heavy atom. The molecule has 1 heteroatoms.